The number of aromatic nitrogens is 2. The first-order valence-corrected chi connectivity index (χ1v) is 7.78. The van der Waals surface area contributed by atoms with Crippen molar-refractivity contribution >= 4 is 23.0 Å². The molecule has 1 aromatic heterocycles. The van der Waals surface area contributed by atoms with Gasteiger partial charge in [-0.3, -0.25) is 0 Å². The molecule has 1 N–H and O–H groups in total. The van der Waals surface area contributed by atoms with E-state index >= 15 is 0 Å². The third kappa shape index (κ3) is 3.09. The van der Waals surface area contributed by atoms with Gasteiger partial charge >= 0.3 is 0 Å². The molecule has 0 fully saturated rings. The largest absolute Gasteiger partial charge is 0.387 e. The molecule has 0 aliphatic heterocycles. The zero-order valence-corrected chi connectivity index (χ0v) is 13.5. The van der Waals surface area contributed by atoms with Crippen molar-refractivity contribution in [2.24, 2.45) is 0 Å². The quantitative estimate of drug-likeness (QED) is 0.941. The van der Waals surface area contributed by atoms with Crippen LogP contribution in [0, 0.1) is 11.3 Å². The van der Waals surface area contributed by atoms with Gasteiger partial charge < -0.3 is 14.6 Å². The number of benzene rings is 1. The molecule has 1 heterocycles. The highest BCUT2D eigenvalue weighted by molar-refractivity contribution is 6.32. The van der Waals surface area contributed by atoms with Crippen molar-refractivity contribution in [3.63, 3.8) is 0 Å². The van der Waals surface area contributed by atoms with Crippen molar-refractivity contribution in [3.05, 3.63) is 53.6 Å². The molecule has 1 aromatic carbocycles. The van der Waals surface area contributed by atoms with Crippen molar-refractivity contribution in [3.8, 4) is 6.07 Å². The lowest BCUT2D eigenvalue weighted by Crippen LogP contribution is -2.35. The minimum Gasteiger partial charge on any atom is -0.387 e. The van der Waals surface area contributed by atoms with Crippen LogP contribution in [0.3, 0.4) is 0 Å². The molecule has 5 nitrogen and oxygen atoms in total. The zero-order chi connectivity index (χ0) is 16.4. The molecular weight excluding hydrogens is 312 g/mol. The van der Waals surface area contributed by atoms with E-state index in [1.165, 1.54) is 0 Å². The predicted molar refractivity (Wildman–Crippen MR) is 90.1 cm³/mol. The summed E-state index contributed by atoms with van der Waals surface area (Å²) in [4.78, 5) is 6.15. The summed E-state index contributed by atoms with van der Waals surface area (Å²) in [5.41, 5.74) is 2.25. The molecule has 118 valence electrons. The van der Waals surface area contributed by atoms with Crippen LogP contribution in [0.4, 0.5) is 5.69 Å². The maximum absolute atomic E-state index is 10.2. The number of likely N-dealkylation sites (N-methyl/N-ethyl adjacent to an activating group) is 1. The average Bonchev–Trinajstić information content (AvgIpc) is 3.09. The second-order valence-corrected chi connectivity index (χ2v) is 6.02. The number of rotatable bonds is 3. The Kier molecular flexibility index (Phi) is 4.37. The number of hydrogen-bond acceptors (Lipinski definition) is 4. The SMILES string of the molecule is CN(c1ccc(C#N)c(Cl)c1)C1C=C(n2ccnc2)C(O)CC1. The predicted octanol–water partition coefficient (Wildman–Crippen LogP) is 2.91. The van der Waals surface area contributed by atoms with Gasteiger partial charge in [0, 0.05) is 31.2 Å². The number of aliphatic hydroxyl groups is 1. The van der Waals surface area contributed by atoms with Gasteiger partial charge in [0.05, 0.1) is 28.7 Å². The van der Waals surface area contributed by atoms with Crippen molar-refractivity contribution in [2.45, 2.75) is 25.0 Å². The minimum absolute atomic E-state index is 0.139. The second-order valence-electron chi connectivity index (χ2n) is 5.61. The maximum Gasteiger partial charge on any atom is 0.101 e. The molecule has 0 bridgehead atoms. The number of nitrogens with zero attached hydrogens (tertiary/aromatic N) is 4. The van der Waals surface area contributed by atoms with Crippen molar-refractivity contribution in [1.29, 1.82) is 5.26 Å². The lowest BCUT2D eigenvalue weighted by Gasteiger charge is -2.33. The first kappa shape index (κ1) is 15.6. The van der Waals surface area contributed by atoms with E-state index in [-0.39, 0.29) is 6.04 Å². The Morgan fingerprint density at radius 1 is 1.43 bits per heavy atom. The van der Waals surface area contributed by atoms with Crippen LogP contribution in [0.25, 0.3) is 5.70 Å². The first-order valence-electron chi connectivity index (χ1n) is 7.40. The summed E-state index contributed by atoms with van der Waals surface area (Å²) in [5.74, 6) is 0. The Morgan fingerprint density at radius 3 is 2.91 bits per heavy atom. The van der Waals surface area contributed by atoms with Crippen LogP contribution in [-0.2, 0) is 0 Å². The fourth-order valence-electron chi connectivity index (χ4n) is 2.85. The summed E-state index contributed by atoms with van der Waals surface area (Å²) in [7, 11) is 1.99. The number of aliphatic hydroxyl groups excluding tert-OH is 1. The average molecular weight is 329 g/mol. The Balaban J connectivity index is 1.89. The lowest BCUT2D eigenvalue weighted by atomic mass is 9.96. The molecule has 6 heteroatoms. The Labute approximate surface area is 140 Å². The number of imidazole rings is 1. The molecule has 23 heavy (non-hydrogen) atoms. The van der Waals surface area contributed by atoms with Crippen LogP contribution in [0.2, 0.25) is 5.02 Å². The smallest absolute Gasteiger partial charge is 0.101 e. The van der Waals surface area contributed by atoms with Gasteiger partial charge in [-0.25, -0.2) is 4.98 Å². The van der Waals surface area contributed by atoms with Gasteiger partial charge in [-0.05, 0) is 37.1 Å². The fourth-order valence-corrected chi connectivity index (χ4v) is 3.07. The monoisotopic (exact) mass is 328 g/mol. The first-order chi connectivity index (χ1) is 11.1. The van der Waals surface area contributed by atoms with Crippen LogP contribution in [0.15, 0.2) is 43.0 Å². The van der Waals surface area contributed by atoms with Crippen LogP contribution < -0.4 is 4.90 Å². The molecular formula is C17H17ClN4O. The third-order valence-electron chi connectivity index (χ3n) is 4.22. The van der Waals surface area contributed by atoms with E-state index in [4.69, 9.17) is 16.9 Å². The van der Waals surface area contributed by atoms with E-state index in [0.29, 0.717) is 17.0 Å². The molecule has 2 unspecified atom stereocenters. The summed E-state index contributed by atoms with van der Waals surface area (Å²) in [6, 6.07) is 7.62. The van der Waals surface area contributed by atoms with Crippen molar-refractivity contribution in [2.75, 3.05) is 11.9 Å². The Morgan fingerprint density at radius 2 is 2.26 bits per heavy atom. The van der Waals surface area contributed by atoms with Gasteiger partial charge in [-0.15, -0.1) is 0 Å². The van der Waals surface area contributed by atoms with Crippen LogP contribution >= 0.6 is 11.6 Å². The molecule has 3 rings (SSSR count). The van der Waals surface area contributed by atoms with E-state index in [2.05, 4.69) is 22.0 Å². The molecule has 0 saturated heterocycles. The normalized spacial score (nSPS) is 20.7. The highest BCUT2D eigenvalue weighted by Crippen LogP contribution is 2.30. The van der Waals surface area contributed by atoms with E-state index < -0.39 is 6.10 Å². The Hall–Kier alpha value is -2.29. The Bertz CT molecular complexity index is 763. The molecule has 2 aromatic rings. The van der Waals surface area contributed by atoms with Crippen LogP contribution in [0.5, 0.6) is 0 Å². The summed E-state index contributed by atoms with van der Waals surface area (Å²) >= 11 is 6.13. The van der Waals surface area contributed by atoms with Crippen molar-refractivity contribution < 1.29 is 5.11 Å². The summed E-state index contributed by atoms with van der Waals surface area (Å²) in [5, 5.41) is 19.7. The summed E-state index contributed by atoms with van der Waals surface area (Å²) in [6.07, 6.45) is 8.31. The summed E-state index contributed by atoms with van der Waals surface area (Å²) in [6.45, 7) is 0. The maximum atomic E-state index is 10.2. The molecule has 0 spiro atoms. The number of nitriles is 1. The molecule has 1 aliphatic carbocycles. The molecule has 0 amide bonds. The van der Waals surface area contributed by atoms with E-state index in [9.17, 15) is 5.11 Å². The zero-order valence-electron chi connectivity index (χ0n) is 12.7. The second kappa shape index (κ2) is 6.45. The number of anilines is 1. The topological polar surface area (TPSA) is 65.1 Å². The number of hydrogen-bond donors (Lipinski definition) is 1. The van der Waals surface area contributed by atoms with E-state index in [1.54, 1.807) is 24.7 Å². The van der Waals surface area contributed by atoms with Gasteiger partial charge in [0.25, 0.3) is 0 Å². The fraction of sp³-hybridized carbons (Fsp3) is 0.294. The van der Waals surface area contributed by atoms with Gasteiger partial charge in [-0.2, -0.15) is 5.26 Å². The van der Waals surface area contributed by atoms with Gasteiger partial charge in [0.15, 0.2) is 0 Å². The van der Waals surface area contributed by atoms with Gasteiger partial charge in [-0.1, -0.05) is 11.6 Å². The van der Waals surface area contributed by atoms with Crippen LogP contribution in [-0.4, -0.2) is 33.9 Å². The van der Waals surface area contributed by atoms with E-state index in [1.807, 2.05) is 23.9 Å². The molecule has 2 atom stereocenters. The lowest BCUT2D eigenvalue weighted by molar-refractivity contribution is 0.204. The summed E-state index contributed by atoms with van der Waals surface area (Å²) < 4.78 is 1.84. The highest BCUT2D eigenvalue weighted by Gasteiger charge is 2.25. The highest BCUT2D eigenvalue weighted by atomic mass is 35.5. The van der Waals surface area contributed by atoms with Gasteiger partial charge in [0.1, 0.15) is 6.07 Å². The third-order valence-corrected chi connectivity index (χ3v) is 4.53. The number of halogens is 1. The molecule has 0 radical (unpaired) electrons. The van der Waals surface area contributed by atoms with Gasteiger partial charge in [0.2, 0.25) is 0 Å². The van der Waals surface area contributed by atoms with Crippen molar-refractivity contribution in [1.82, 2.24) is 9.55 Å². The van der Waals surface area contributed by atoms with Crippen LogP contribution in [0.1, 0.15) is 18.4 Å². The minimum atomic E-state index is -0.488. The molecule has 1 aliphatic rings. The van der Waals surface area contributed by atoms with E-state index in [0.717, 1.165) is 17.8 Å². The molecule has 0 saturated carbocycles. The standard InChI is InChI=1S/C17H17ClN4O/c1-21(13-3-2-12(10-19)15(18)8-13)14-4-5-17(23)16(9-14)22-7-6-20-11-22/h2-3,6-9,11,14,17,23H,4-5H2,1H3.